The Balaban J connectivity index is 0.000000185. The van der Waals surface area contributed by atoms with E-state index in [1.165, 1.54) is 34.9 Å². The molecular formula is C33H25Cl2F3N4O5. The van der Waals surface area contributed by atoms with Crippen LogP contribution in [0.25, 0.3) is 0 Å². The number of halogens is 5. The highest BCUT2D eigenvalue weighted by atomic mass is 35.5. The van der Waals surface area contributed by atoms with Gasteiger partial charge in [0, 0.05) is 39.6 Å². The second-order valence-electron chi connectivity index (χ2n) is 10.1. The topological polar surface area (TPSA) is 105 Å². The fourth-order valence-electron chi connectivity index (χ4n) is 4.63. The average molecular weight is 685 g/mol. The molecule has 2 heterocycles. The second-order valence-corrected chi connectivity index (χ2v) is 10.9. The molecule has 242 valence electrons. The van der Waals surface area contributed by atoms with Crippen LogP contribution in [0.1, 0.15) is 33.9 Å². The molecule has 0 unspecified atom stereocenters. The molecular weight excluding hydrogens is 660 g/mol. The third-order valence-corrected chi connectivity index (χ3v) is 7.78. The van der Waals surface area contributed by atoms with Crippen molar-refractivity contribution >= 4 is 23.2 Å². The van der Waals surface area contributed by atoms with Gasteiger partial charge in [-0.05, 0) is 48.0 Å². The summed E-state index contributed by atoms with van der Waals surface area (Å²) < 4.78 is 58.6. The van der Waals surface area contributed by atoms with E-state index in [2.05, 4.69) is 14.8 Å². The summed E-state index contributed by atoms with van der Waals surface area (Å²) in [5, 5.41) is 7.89. The Morgan fingerprint density at radius 2 is 1.19 bits per heavy atom. The molecule has 0 atom stereocenters. The van der Waals surface area contributed by atoms with Crippen molar-refractivity contribution in [3.8, 4) is 5.75 Å². The molecule has 0 amide bonds. The molecule has 4 aromatic carbocycles. The van der Waals surface area contributed by atoms with E-state index in [1.54, 1.807) is 49.6 Å². The largest absolute Gasteiger partial charge is 0.497 e. The number of aromatic nitrogens is 4. The van der Waals surface area contributed by atoms with E-state index < -0.39 is 29.0 Å². The predicted molar refractivity (Wildman–Crippen MR) is 168 cm³/mol. The molecule has 0 saturated carbocycles. The fourth-order valence-corrected chi connectivity index (χ4v) is 5.09. The monoisotopic (exact) mass is 684 g/mol. The van der Waals surface area contributed by atoms with Crippen molar-refractivity contribution in [1.29, 1.82) is 0 Å². The van der Waals surface area contributed by atoms with Crippen molar-refractivity contribution in [2.45, 2.75) is 25.9 Å². The number of ether oxygens (including phenoxy) is 1. The third-order valence-electron chi connectivity index (χ3n) is 7.08. The quantitative estimate of drug-likeness (QED) is 0.167. The van der Waals surface area contributed by atoms with Crippen molar-refractivity contribution < 1.29 is 27.0 Å². The highest BCUT2D eigenvalue weighted by molar-refractivity contribution is 6.31. The molecule has 0 aliphatic rings. The highest BCUT2D eigenvalue weighted by Crippen LogP contribution is 2.23. The molecule has 0 aliphatic heterocycles. The smallest absolute Gasteiger partial charge is 0.441 e. The molecule has 0 N–H and O–H groups in total. The zero-order valence-electron chi connectivity index (χ0n) is 24.6. The average Bonchev–Trinajstić information content (AvgIpc) is 3.58. The molecule has 47 heavy (non-hydrogen) atoms. The van der Waals surface area contributed by atoms with Crippen LogP contribution in [0.3, 0.4) is 0 Å². The van der Waals surface area contributed by atoms with Crippen molar-refractivity contribution in [3.63, 3.8) is 0 Å². The molecule has 0 radical (unpaired) electrons. The SMILES string of the molecule is COc1cccc(Cn2c(Cc3c(F)cccc3Cl)noc2=O)c1.O=c1onc(Cc2c(F)cccc2Cl)n1Cc1ccccc1F. The van der Waals surface area contributed by atoms with E-state index >= 15 is 0 Å². The minimum atomic E-state index is -0.740. The maximum absolute atomic E-state index is 14.0. The molecule has 6 rings (SSSR count). The molecule has 9 nitrogen and oxygen atoms in total. The Morgan fingerprint density at radius 1 is 0.681 bits per heavy atom. The maximum Gasteiger partial charge on any atom is 0.441 e. The van der Waals surface area contributed by atoms with Crippen LogP contribution in [-0.2, 0) is 25.9 Å². The van der Waals surface area contributed by atoms with Crippen LogP contribution in [0.2, 0.25) is 10.0 Å². The minimum Gasteiger partial charge on any atom is -0.497 e. The minimum absolute atomic E-state index is 0.0360. The van der Waals surface area contributed by atoms with E-state index in [1.807, 2.05) is 12.1 Å². The lowest BCUT2D eigenvalue weighted by molar-refractivity contribution is 0.374. The van der Waals surface area contributed by atoms with E-state index in [0.29, 0.717) is 17.1 Å². The van der Waals surface area contributed by atoms with Gasteiger partial charge in [-0.15, -0.1) is 0 Å². The first-order chi connectivity index (χ1) is 22.6. The van der Waals surface area contributed by atoms with E-state index in [4.69, 9.17) is 32.5 Å². The van der Waals surface area contributed by atoms with E-state index in [9.17, 15) is 22.8 Å². The maximum atomic E-state index is 14.0. The molecule has 14 heteroatoms. The third kappa shape index (κ3) is 8.02. The molecule has 0 saturated heterocycles. The van der Waals surface area contributed by atoms with Gasteiger partial charge in [-0.3, -0.25) is 18.2 Å². The van der Waals surface area contributed by atoms with Gasteiger partial charge in [0.1, 0.15) is 23.2 Å². The molecule has 0 spiro atoms. The summed E-state index contributed by atoms with van der Waals surface area (Å²) in [5.41, 5.74) is 1.61. The van der Waals surface area contributed by atoms with Gasteiger partial charge in [0.25, 0.3) is 0 Å². The Hall–Kier alpha value is -5.07. The van der Waals surface area contributed by atoms with Gasteiger partial charge < -0.3 is 4.74 Å². The summed E-state index contributed by atoms with van der Waals surface area (Å²) in [5.74, 6) is -1.61. The van der Waals surface area contributed by atoms with Gasteiger partial charge in [0.15, 0.2) is 11.6 Å². The fraction of sp³-hybridized carbons (Fsp3) is 0.152. The molecule has 2 aromatic heterocycles. The van der Waals surface area contributed by atoms with Gasteiger partial charge in [-0.1, -0.05) is 76.0 Å². The second kappa shape index (κ2) is 15.0. The molecule has 0 fully saturated rings. The number of rotatable bonds is 9. The summed E-state index contributed by atoms with van der Waals surface area (Å²) in [6.45, 7) is 0.178. The van der Waals surface area contributed by atoms with E-state index in [0.717, 1.165) is 10.1 Å². The van der Waals surface area contributed by atoms with Crippen LogP contribution in [0.5, 0.6) is 5.75 Å². The van der Waals surface area contributed by atoms with Crippen LogP contribution in [0.4, 0.5) is 13.2 Å². The Bertz CT molecular complexity index is 2090. The van der Waals surface area contributed by atoms with Gasteiger partial charge in [-0.2, -0.15) is 0 Å². The van der Waals surface area contributed by atoms with Crippen molar-refractivity contribution in [3.05, 3.63) is 167 Å². The summed E-state index contributed by atoms with van der Waals surface area (Å²) in [6, 6.07) is 22.0. The van der Waals surface area contributed by atoms with Crippen molar-refractivity contribution in [2.75, 3.05) is 7.11 Å². The van der Waals surface area contributed by atoms with Crippen LogP contribution in [0.15, 0.2) is 104 Å². The Kier molecular flexibility index (Phi) is 10.6. The van der Waals surface area contributed by atoms with Crippen LogP contribution >= 0.6 is 23.2 Å². The van der Waals surface area contributed by atoms with Crippen LogP contribution in [-0.4, -0.2) is 26.6 Å². The lowest BCUT2D eigenvalue weighted by Crippen LogP contribution is -2.19. The first-order valence-electron chi connectivity index (χ1n) is 14.0. The van der Waals surface area contributed by atoms with Gasteiger partial charge in [0.05, 0.1) is 20.2 Å². The zero-order chi connectivity index (χ0) is 33.5. The molecule has 0 bridgehead atoms. The Morgan fingerprint density at radius 3 is 1.72 bits per heavy atom. The number of nitrogens with zero attached hydrogens (tertiary/aromatic N) is 4. The van der Waals surface area contributed by atoms with Gasteiger partial charge in [-0.25, -0.2) is 22.8 Å². The number of hydrogen-bond acceptors (Lipinski definition) is 7. The van der Waals surface area contributed by atoms with Crippen molar-refractivity contribution in [1.82, 2.24) is 19.4 Å². The first kappa shape index (κ1) is 33.3. The number of benzene rings is 4. The lowest BCUT2D eigenvalue weighted by atomic mass is 10.1. The van der Waals surface area contributed by atoms with Gasteiger partial charge in [0.2, 0.25) is 0 Å². The lowest BCUT2D eigenvalue weighted by Gasteiger charge is -2.08. The molecule has 6 aromatic rings. The first-order valence-corrected chi connectivity index (χ1v) is 14.7. The standard InChI is InChI=1S/C17H14ClFN2O3.C16H11ClF2N2O2/c1-23-12-5-2-4-11(8-12)10-21-16(20-24-17(21)22)9-13-14(18)6-3-7-15(13)19;17-12-5-3-7-14(19)11(12)8-15-20-23-16(22)21(15)9-10-4-1-2-6-13(10)18/h2-8H,9-10H2,1H3;1-7H,8-9H2. The van der Waals surface area contributed by atoms with E-state index in [-0.39, 0.29) is 52.9 Å². The highest BCUT2D eigenvalue weighted by Gasteiger charge is 2.18. The number of hydrogen-bond donors (Lipinski definition) is 0. The Labute approximate surface area is 275 Å². The van der Waals surface area contributed by atoms with Crippen LogP contribution < -0.4 is 16.2 Å². The molecule has 0 aliphatic carbocycles. The summed E-state index contributed by atoms with van der Waals surface area (Å²) in [4.78, 5) is 23.7. The predicted octanol–water partition coefficient (Wildman–Crippen LogP) is 6.68. The zero-order valence-corrected chi connectivity index (χ0v) is 26.1. The summed E-state index contributed by atoms with van der Waals surface area (Å²) >= 11 is 12.0. The summed E-state index contributed by atoms with van der Waals surface area (Å²) in [6.07, 6.45) is 0.0207. The normalized spacial score (nSPS) is 10.9. The number of methoxy groups -OCH3 is 1. The van der Waals surface area contributed by atoms with Crippen molar-refractivity contribution in [2.24, 2.45) is 0 Å². The summed E-state index contributed by atoms with van der Waals surface area (Å²) in [7, 11) is 1.57. The van der Waals surface area contributed by atoms with Gasteiger partial charge >= 0.3 is 11.5 Å². The van der Waals surface area contributed by atoms with Crippen LogP contribution in [0, 0.1) is 17.5 Å².